The second kappa shape index (κ2) is 12.5. The molecule has 0 atom stereocenters. The number of ether oxygens (including phenoxy) is 2. The van der Waals surface area contributed by atoms with Crippen molar-refractivity contribution in [1.82, 2.24) is 0 Å². The van der Waals surface area contributed by atoms with Gasteiger partial charge in [-0.25, -0.2) is 0 Å². The third-order valence-electron chi connectivity index (χ3n) is 3.30. The molecule has 128 valence electrons. The van der Waals surface area contributed by atoms with Crippen molar-refractivity contribution in [2.75, 3.05) is 26.4 Å². The van der Waals surface area contributed by atoms with E-state index in [0.29, 0.717) is 45.5 Å². The van der Waals surface area contributed by atoms with Crippen molar-refractivity contribution in [3.63, 3.8) is 0 Å². The topological polar surface area (TPSA) is 69.7 Å². The van der Waals surface area contributed by atoms with Gasteiger partial charge in [0, 0.05) is 37.7 Å². The van der Waals surface area contributed by atoms with E-state index < -0.39 is 0 Å². The molecule has 0 aromatic heterocycles. The molecule has 0 saturated carbocycles. The molecule has 0 aliphatic heterocycles. The van der Waals surface area contributed by atoms with Gasteiger partial charge in [-0.05, 0) is 6.42 Å². The van der Waals surface area contributed by atoms with Gasteiger partial charge in [0.25, 0.3) is 0 Å². The Morgan fingerprint density at radius 3 is 1.91 bits per heavy atom. The minimum atomic E-state index is -0.00509. The molecule has 0 radical (unpaired) electrons. The van der Waals surface area contributed by atoms with Gasteiger partial charge in [-0.15, -0.1) is 0 Å². The van der Waals surface area contributed by atoms with Crippen LogP contribution in [-0.2, 0) is 23.9 Å². The number of hydrogen-bond donors (Lipinski definition) is 0. The lowest BCUT2D eigenvalue weighted by Crippen LogP contribution is -2.17. The highest BCUT2D eigenvalue weighted by Gasteiger charge is 2.10. The standard InChI is InChI=1S/C17H30O5/c1-13(2)16(19)8-7-15(18)6-5-9-21-10-11-22-12-17(20)14(3)4/h13-14H,5-12H2,1-4H3. The van der Waals surface area contributed by atoms with Crippen molar-refractivity contribution >= 4 is 17.3 Å². The van der Waals surface area contributed by atoms with E-state index in [-0.39, 0.29) is 35.8 Å². The van der Waals surface area contributed by atoms with Gasteiger partial charge in [-0.1, -0.05) is 27.7 Å². The van der Waals surface area contributed by atoms with Crippen LogP contribution in [0.2, 0.25) is 0 Å². The quantitative estimate of drug-likeness (QED) is 0.461. The molecule has 0 aromatic rings. The predicted octanol–water partition coefficient (Wildman–Crippen LogP) is 2.60. The summed E-state index contributed by atoms with van der Waals surface area (Å²) in [5, 5.41) is 0. The fourth-order valence-electron chi connectivity index (χ4n) is 1.61. The van der Waals surface area contributed by atoms with E-state index in [1.54, 1.807) is 0 Å². The lowest BCUT2D eigenvalue weighted by Gasteiger charge is -2.07. The van der Waals surface area contributed by atoms with Crippen molar-refractivity contribution < 1.29 is 23.9 Å². The molecule has 0 spiro atoms. The lowest BCUT2D eigenvalue weighted by molar-refractivity contribution is -0.127. The lowest BCUT2D eigenvalue weighted by atomic mass is 10.0. The molecule has 0 saturated heterocycles. The van der Waals surface area contributed by atoms with Crippen LogP contribution in [0.1, 0.15) is 53.4 Å². The van der Waals surface area contributed by atoms with Gasteiger partial charge >= 0.3 is 0 Å². The van der Waals surface area contributed by atoms with E-state index in [4.69, 9.17) is 9.47 Å². The highest BCUT2D eigenvalue weighted by Crippen LogP contribution is 2.05. The third kappa shape index (κ3) is 11.6. The van der Waals surface area contributed by atoms with Gasteiger partial charge in [0.1, 0.15) is 18.2 Å². The molecular formula is C17H30O5. The van der Waals surface area contributed by atoms with E-state index in [9.17, 15) is 14.4 Å². The van der Waals surface area contributed by atoms with Crippen molar-refractivity contribution in [3.8, 4) is 0 Å². The molecule has 0 rings (SSSR count). The summed E-state index contributed by atoms with van der Waals surface area (Å²) in [5.41, 5.74) is 0. The van der Waals surface area contributed by atoms with Crippen LogP contribution >= 0.6 is 0 Å². The largest absolute Gasteiger partial charge is 0.379 e. The van der Waals surface area contributed by atoms with E-state index in [0.717, 1.165) is 0 Å². The Morgan fingerprint density at radius 1 is 0.727 bits per heavy atom. The third-order valence-corrected chi connectivity index (χ3v) is 3.30. The molecule has 0 aromatic carbocycles. The first-order valence-corrected chi connectivity index (χ1v) is 8.07. The number of hydrogen-bond acceptors (Lipinski definition) is 5. The molecule has 5 nitrogen and oxygen atoms in total. The smallest absolute Gasteiger partial charge is 0.160 e. The summed E-state index contributed by atoms with van der Waals surface area (Å²) >= 11 is 0. The maximum Gasteiger partial charge on any atom is 0.160 e. The molecule has 0 amide bonds. The van der Waals surface area contributed by atoms with Crippen LogP contribution in [-0.4, -0.2) is 43.8 Å². The Balaban J connectivity index is 3.41. The first kappa shape index (κ1) is 20.9. The number of ketones is 3. The fourth-order valence-corrected chi connectivity index (χ4v) is 1.61. The summed E-state index contributed by atoms with van der Waals surface area (Å²) in [6.45, 7) is 8.80. The average Bonchev–Trinajstić information content (AvgIpc) is 2.46. The molecule has 22 heavy (non-hydrogen) atoms. The van der Waals surface area contributed by atoms with Gasteiger partial charge < -0.3 is 9.47 Å². The van der Waals surface area contributed by atoms with Crippen LogP contribution in [0.5, 0.6) is 0 Å². The average molecular weight is 314 g/mol. The molecule has 0 aliphatic carbocycles. The van der Waals surface area contributed by atoms with Gasteiger partial charge in [-0.2, -0.15) is 0 Å². The maximum absolute atomic E-state index is 11.6. The minimum Gasteiger partial charge on any atom is -0.379 e. The van der Waals surface area contributed by atoms with Crippen LogP contribution in [0, 0.1) is 11.8 Å². The normalized spacial score (nSPS) is 11.2. The molecule has 0 bridgehead atoms. The number of rotatable bonds is 14. The summed E-state index contributed by atoms with van der Waals surface area (Å²) < 4.78 is 10.5. The Labute approximate surface area is 133 Å². The summed E-state index contributed by atoms with van der Waals surface area (Å²) in [4.78, 5) is 34.3. The molecule has 0 aliphatic rings. The van der Waals surface area contributed by atoms with Crippen LogP contribution in [0.25, 0.3) is 0 Å². The van der Waals surface area contributed by atoms with Crippen LogP contribution in [0.4, 0.5) is 0 Å². The maximum atomic E-state index is 11.6. The van der Waals surface area contributed by atoms with E-state index in [1.807, 2.05) is 27.7 Å². The number of carbonyl (C=O) groups excluding carboxylic acids is 3. The first-order chi connectivity index (χ1) is 10.3. The summed E-state index contributed by atoms with van der Waals surface area (Å²) in [7, 11) is 0. The zero-order chi connectivity index (χ0) is 17.0. The number of Topliss-reactive ketones (excluding diaryl/α,β-unsaturated/α-hetero) is 3. The van der Waals surface area contributed by atoms with Gasteiger partial charge in [-0.3, -0.25) is 14.4 Å². The van der Waals surface area contributed by atoms with Crippen molar-refractivity contribution in [2.45, 2.75) is 53.4 Å². The Bertz CT molecular complexity index is 347. The molecule has 5 heteroatoms. The van der Waals surface area contributed by atoms with E-state index in [2.05, 4.69) is 0 Å². The molecule has 0 N–H and O–H groups in total. The van der Waals surface area contributed by atoms with Gasteiger partial charge in [0.15, 0.2) is 5.78 Å². The zero-order valence-electron chi connectivity index (χ0n) is 14.4. The van der Waals surface area contributed by atoms with Crippen molar-refractivity contribution in [3.05, 3.63) is 0 Å². The summed E-state index contributed by atoms with van der Waals surface area (Å²) in [6.07, 6.45) is 1.77. The van der Waals surface area contributed by atoms with Crippen LogP contribution in [0.15, 0.2) is 0 Å². The SMILES string of the molecule is CC(C)C(=O)CCC(=O)CCCOCCOCC(=O)C(C)C. The van der Waals surface area contributed by atoms with Gasteiger partial charge in [0.2, 0.25) is 0 Å². The van der Waals surface area contributed by atoms with Crippen molar-refractivity contribution in [2.24, 2.45) is 11.8 Å². The fraction of sp³-hybridized carbons (Fsp3) is 0.824. The Morgan fingerprint density at radius 2 is 1.32 bits per heavy atom. The second-order valence-corrected chi connectivity index (χ2v) is 6.05. The second-order valence-electron chi connectivity index (χ2n) is 6.05. The molecule has 0 fully saturated rings. The van der Waals surface area contributed by atoms with E-state index >= 15 is 0 Å². The van der Waals surface area contributed by atoms with Crippen molar-refractivity contribution in [1.29, 1.82) is 0 Å². The monoisotopic (exact) mass is 314 g/mol. The Kier molecular flexibility index (Phi) is 11.9. The van der Waals surface area contributed by atoms with Crippen LogP contribution in [0.3, 0.4) is 0 Å². The molecule has 0 heterocycles. The highest BCUT2D eigenvalue weighted by molar-refractivity contribution is 5.86. The number of carbonyl (C=O) groups is 3. The highest BCUT2D eigenvalue weighted by atomic mass is 16.5. The molecular weight excluding hydrogens is 284 g/mol. The summed E-state index contributed by atoms with van der Waals surface area (Å²) in [6, 6.07) is 0. The zero-order valence-corrected chi connectivity index (χ0v) is 14.4. The first-order valence-electron chi connectivity index (χ1n) is 8.07. The minimum absolute atomic E-state index is 0.00119. The Hall–Kier alpha value is -1.07. The van der Waals surface area contributed by atoms with E-state index in [1.165, 1.54) is 0 Å². The molecule has 0 unspecified atom stereocenters. The van der Waals surface area contributed by atoms with Crippen LogP contribution < -0.4 is 0 Å². The summed E-state index contributed by atoms with van der Waals surface area (Å²) in [5.74, 6) is 0.323. The predicted molar refractivity (Wildman–Crippen MR) is 84.8 cm³/mol. The van der Waals surface area contributed by atoms with Gasteiger partial charge in [0.05, 0.1) is 13.2 Å².